The van der Waals surface area contributed by atoms with E-state index in [4.69, 9.17) is 0 Å². The van der Waals surface area contributed by atoms with E-state index in [1.807, 2.05) is 19.0 Å². The Balaban J connectivity index is 2.88. The van der Waals surface area contributed by atoms with Gasteiger partial charge in [-0.1, -0.05) is 38.1 Å². The molecule has 0 aliphatic heterocycles. The van der Waals surface area contributed by atoms with Crippen LogP contribution in [0.4, 0.5) is 0 Å². The van der Waals surface area contributed by atoms with Crippen LogP contribution in [-0.2, 0) is 11.2 Å². The topological polar surface area (TPSA) is 20.3 Å². The molecular weight excluding hydrogens is 210 g/mol. The van der Waals surface area contributed by atoms with Crippen LogP contribution in [0.5, 0.6) is 0 Å². The van der Waals surface area contributed by atoms with Crippen molar-refractivity contribution in [1.82, 2.24) is 4.90 Å². The molecule has 1 rings (SSSR count). The highest BCUT2D eigenvalue weighted by atomic mass is 16.1. The highest BCUT2D eigenvalue weighted by Gasteiger charge is 2.18. The number of Topliss-reactive ketones (excluding diaryl/α,β-unsaturated/α-hetero) is 1. The lowest BCUT2D eigenvalue weighted by Gasteiger charge is -2.22. The van der Waals surface area contributed by atoms with Gasteiger partial charge in [-0.15, -0.1) is 0 Å². The van der Waals surface area contributed by atoms with Crippen LogP contribution in [0, 0.1) is 5.92 Å². The van der Waals surface area contributed by atoms with Crippen LogP contribution < -0.4 is 0 Å². The molecule has 0 aromatic heterocycles. The Bertz CT molecular complexity index is 365. The van der Waals surface area contributed by atoms with E-state index in [2.05, 4.69) is 38.1 Å². The maximum atomic E-state index is 11.6. The van der Waals surface area contributed by atoms with Crippen LogP contribution in [0.15, 0.2) is 24.3 Å². The van der Waals surface area contributed by atoms with E-state index < -0.39 is 0 Å². The summed E-state index contributed by atoms with van der Waals surface area (Å²) >= 11 is 0. The Labute approximate surface area is 105 Å². The molecule has 0 amide bonds. The molecule has 0 N–H and O–H groups in total. The molecule has 94 valence electrons. The van der Waals surface area contributed by atoms with Crippen molar-refractivity contribution in [2.75, 3.05) is 14.1 Å². The van der Waals surface area contributed by atoms with Crippen LogP contribution in [0.25, 0.3) is 0 Å². The van der Waals surface area contributed by atoms with Gasteiger partial charge in [0, 0.05) is 0 Å². The first kappa shape index (κ1) is 13.9. The smallest absolute Gasteiger partial charge is 0.151 e. The van der Waals surface area contributed by atoms with Crippen LogP contribution in [0.1, 0.15) is 37.9 Å². The lowest BCUT2D eigenvalue weighted by molar-refractivity contribution is -0.121. The van der Waals surface area contributed by atoms with Crippen molar-refractivity contribution in [3.8, 4) is 0 Å². The molecule has 2 heteroatoms. The number of ketones is 1. The van der Waals surface area contributed by atoms with Gasteiger partial charge in [0.05, 0.1) is 6.04 Å². The van der Waals surface area contributed by atoms with E-state index >= 15 is 0 Å². The van der Waals surface area contributed by atoms with Crippen molar-refractivity contribution in [2.24, 2.45) is 5.92 Å². The van der Waals surface area contributed by atoms with E-state index in [0.717, 1.165) is 12.0 Å². The summed E-state index contributed by atoms with van der Waals surface area (Å²) in [4.78, 5) is 13.6. The molecule has 0 saturated carbocycles. The van der Waals surface area contributed by atoms with Gasteiger partial charge in [0.15, 0.2) is 5.78 Å². The van der Waals surface area contributed by atoms with Gasteiger partial charge in [-0.3, -0.25) is 9.69 Å². The van der Waals surface area contributed by atoms with E-state index in [1.54, 1.807) is 6.92 Å². The second-order valence-electron chi connectivity index (χ2n) is 5.32. The molecule has 0 aliphatic carbocycles. The van der Waals surface area contributed by atoms with Crippen LogP contribution >= 0.6 is 0 Å². The maximum absolute atomic E-state index is 11.6. The molecule has 2 nitrogen and oxygen atoms in total. The molecule has 1 atom stereocenters. The van der Waals surface area contributed by atoms with Gasteiger partial charge < -0.3 is 0 Å². The van der Waals surface area contributed by atoms with Crippen LogP contribution in [0.3, 0.4) is 0 Å². The average Bonchev–Trinajstić information content (AvgIpc) is 2.18. The number of likely N-dealkylation sites (N-methyl/N-ethyl adjacent to an activating group) is 1. The van der Waals surface area contributed by atoms with Gasteiger partial charge in [-0.25, -0.2) is 0 Å². The molecule has 0 fully saturated rings. The van der Waals surface area contributed by atoms with E-state index in [0.29, 0.717) is 5.92 Å². The number of rotatable bonds is 5. The zero-order valence-electron chi connectivity index (χ0n) is 11.5. The predicted molar refractivity (Wildman–Crippen MR) is 72.1 cm³/mol. The van der Waals surface area contributed by atoms with E-state index in [1.165, 1.54) is 5.56 Å². The molecule has 17 heavy (non-hydrogen) atoms. The third kappa shape index (κ3) is 3.97. The molecule has 0 bridgehead atoms. The molecular formula is C15H23NO. The van der Waals surface area contributed by atoms with Gasteiger partial charge in [-0.2, -0.15) is 0 Å². The fraction of sp³-hybridized carbons (Fsp3) is 0.533. The quantitative estimate of drug-likeness (QED) is 0.779. The molecule has 1 aromatic rings. The average molecular weight is 233 g/mol. The fourth-order valence-electron chi connectivity index (χ4n) is 2.20. The Morgan fingerprint density at radius 2 is 1.71 bits per heavy atom. The van der Waals surface area contributed by atoms with Gasteiger partial charge in [-0.05, 0) is 44.5 Å². The SMILES string of the molecule is CC(=O)C(c1ccc(CC(C)C)cc1)N(C)C. The van der Waals surface area contributed by atoms with Crippen LogP contribution in [0.2, 0.25) is 0 Å². The molecule has 0 spiro atoms. The molecule has 1 aromatic carbocycles. The van der Waals surface area contributed by atoms with Gasteiger partial charge >= 0.3 is 0 Å². The Hall–Kier alpha value is -1.15. The third-order valence-corrected chi connectivity index (χ3v) is 2.84. The Kier molecular flexibility index (Phi) is 4.88. The minimum Gasteiger partial charge on any atom is -0.298 e. The number of benzene rings is 1. The molecule has 0 saturated heterocycles. The van der Waals surface area contributed by atoms with Crippen molar-refractivity contribution in [3.63, 3.8) is 0 Å². The highest BCUT2D eigenvalue weighted by Crippen LogP contribution is 2.20. The summed E-state index contributed by atoms with van der Waals surface area (Å²) in [5.41, 5.74) is 2.42. The normalized spacial score (nSPS) is 13.1. The highest BCUT2D eigenvalue weighted by molar-refractivity contribution is 5.82. The first-order valence-corrected chi connectivity index (χ1v) is 6.17. The van der Waals surface area contributed by atoms with Crippen molar-refractivity contribution < 1.29 is 4.79 Å². The number of nitrogens with zero attached hydrogens (tertiary/aromatic N) is 1. The number of carbonyl (C=O) groups is 1. The minimum atomic E-state index is -0.122. The summed E-state index contributed by atoms with van der Waals surface area (Å²) in [7, 11) is 3.88. The second-order valence-corrected chi connectivity index (χ2v) is 5.32. The standard InChI is InChI=1S/C15H23NO/c1-11(2)10-13-6-8-14(9-7-13)15(12(3)17)16(4)5/h6-9,11,15H,10H2,1-5H3. The summed E-state index contributed by atoms with van der Waals surface area (Å²) in [5, 5.41) is 0. The second kappa shape index (κ2) is 5.97. The first-order valence-electron chi connectivity index (χ1n) is 6.17. The lowest BCUT2D eigenvalue weighted by atomic mass is 9.97. The Morgan fingerprint density at radius 1 is 1.18 bits per heavy atom. The molecule has 0 radical (unpaired) electrons. The molecule has 0 heterocycles. The van der Waals surface area contributed by atoms with Gasteiger partial charge in [0.25, 0.3) is 0 Å². The summed E-state index contributed by atoms with van der Waals surface area (Å²) in [6, 6.07) is 8.29. The van der Waals surface area contributed by atoms with Gasteiger partial charge in [0.2, 0.25) is 0 Å². The summed E-state index contributed by atoms with van der Waals surface area (Å²) in [6.07, 6.45) is 1.09. The van der Waals surface area contributed by atoms with Crippen LogP contribution in [-0.4, -0.2) is 24.8 Å². The van der Waals surface area contributed by atoms with Crippen molar-refractivity contribution in [3.05, 3.63) is 35.4 Å². The third-order valence-electron chi connectivity index (χ3n) is 2.84. The molecule has 1 unspecified atom stereocenters. The summed E-state index contributed by atoms with van der Waals surface area (Å²) in [5.74, 6) is 0.852. The minimum absolute atomic E-state index is 0.122. The van der Waals surface area contributed by atoms with Crippen molar-refractivity contribution in [2.45, 2.75) is 33.2 Å². The van der Waals surface area contributed by atoms with Crippen molar-refractivity contribution >= 4 is 5.78 Å². The molecule has 0 aliphatic rings. The predicted octanol–water partition coefficient (Wildman–Crippen LogP) is 3.08. The first-order chi connectivity index (χ1) is 7.91. The Morgan fingerprint density at radius 3 is 2.06 bits per heavy atom. The lowest BCUT2D eigenvalue weighted by Crippen LogP contribution is -2.25. The maximum Gasteiger partial charge on any atom is 0.151 e. The fourth-order valence-corrected chi connectivity index (χ4v) is 2.20. The van der Waals surface area contributed by atoms with Gasteiger partial charge in [0.1, 0.15) is 0 Å². The largest absolute Gasteiger partial charge is 0.298 e. The zero-order valence-corrected chi connectivity index (χ0v) is 11.5. The number of hydrogen-bond donors (Lipinski definition) is 0. The number of carbonyl (C=O) groups excluding carboxylic acids is 1. The van der Waals surface area contributed by atoms with Crippen molar-refractivity contribution in [1.29, 1.82) is 0 Å². The monoisotopic (exact) mass is 233 g/mol. The van der Waals surface area contributed by atoms with E-state index in [9.17, 15) is 4.79 Å². The zero-order chi connectivity index (χ0) is 13.0. The summed E-state index contributed by atoms with van der Waals surface area (Å²) in [6.45, 7) is 6.07. The number of hydrogen-bond acceptors (Lipinski definition) is 2. The summed E-state index contributed by atoms with van der Waals surface area (Å²) < 4.78 is 0. The van der Waals surface area contributed by atoms with E-state index in [-0.39, 0.29) is 11.8 Å².